The van der Waals surface area contributed by atoms with Gasteiger partial charge in [0.2, 0.25) is 0 Å². The largest absolute Gasteiger partial charge is 0.444 e. The zero-order chi connectivity index (χ0) is 11.3. The molecule has 0 aliphatic rings. The second-order valence-corrected chi connectivity index (χ2v) is 4.21. The van der Waals surface area contributed by atoms with E-state index in [2.05, 4.69) is 15.3 Å². The Kier molecular flexibility index (Phi) is 3.71. The summed E-state index contributed by atoms with van der Waals surface area (Å²) in [6.07, 6.45) is 3.71. The van der Waals surface area contributed by atoms with E-state index in [0.717, 1.165) is 5.82 Å². The van der Waals surface area contributed by atoms with Crippen LogP contribution in [0.4, 0.5) is 4.79 Å². The SMILES string of the molecule is CC(C)(C)OC(=O)NCCc1ncc[nH]1. The van der Waals surface area contributed by atoms with Crippen LogP contribution in [0.15, 0.2) is 12.4 Å². The maximum atomic E-state index is 11.2. The maximum absolute atomic E-state index is 11.2. The van der Waals surface area contributed by atoms with Gasteiger partial charge in [0.1, 0.15) is 11.4 Å². The molecular weight excluding hydrogens is 194 g/mol. The summed E-state index contributed by atoms with van der Waals surface area (Å²) >= 11 is 0. The van der Waals surface area contributed by atoms with Crippen molar-refractivity contribution < 1.29 is 9.53 Å². The number of carbonyl (C=O) groups is 1. The van der Waals surface area contributed by atoms with Crippen molar-refractivity contribution in [3.63, 3.8) is 0 Å². The van der Waals surface area contributed by atoms with E-state index >= 15 is 0 Å². The van der Waals surface area contributed by atoms with Gasteiger partial charge in [-0.25, -0.2) is 9.78 Å². The highest BCUT2D eigenvalue weighted by atomic mass is 16.6. The van der Waals surface area contributed by atoms with Crippen LogP contribution in [0.2, 0.25) is 0 Å². The average molecular weight is 211 g/mol. The van der Waals surface area contributed by atoms with Gasteiger partial charge in [0.25, 0.3) is 0 Å². The number of hydrogen-bond acceptors (Lipinski definition) is 3. The lowest BCUT2D eigenvalue weighted by Gasteiger charge is -2.19. The van der Waals surface area contributed by atoms with Gasteiger partial charge in [-0.05, 0) is 20.8 Å². The molecule has 0 aliphatic heterocycles. The predicted octanol–water partition coefficient (Wildman–Crippen LogP) is 1.48. The molecule has 2 N–H and O–H groups in total. The van der Waals surface area contributed by atoms with Crippen LogP contribution < -0.4 is 5.32 Å². The first-order valence-corrected chi connectivity index (χ1v) is 4.92. The highest BCUT2D eigenvalue weighted by molar-refractivity contribution is 5.67. The van der Waals surface area contributed by atoms with Crippen LogP contribution in [-0.2, 0) is 11.2 Å². The highest BCUT2D eigenvalue weighted by Gasteiger charge is 2.15. The summed E-state index contributed by atoms with van der Waals surface area (Å²) in [6.45, 7) is 6.01. The molecule has 84 valence electrons. The molecule has 0 aliphatic carbocycles. The molecule has 1 aromatic heterocycles. The van der Waals surface area contributed by atoms with E-state index < -0.39 is 11.7 Å². The van der Waals surface area contributed by atoms with E-state index in [1.807, 2.05) is 20.8 Å². The van der Waals surface area contributed by atoms with E-state index in [1.54, 1.807) is 12.4 Å². The summed E-state index contributed by atoms with van der Waals surface area (Å²) in [5, 5.41) is 2.66. The molecule has 1 rings (SSSR count). The monoisotopic (exact) mass is 211 g/mol. The average Bonchev–Trinajstić information content (AvgIpc) is 2.53. The van der Waals surface area contributed by atoms with Crippen LogP contribution in [0.3, 0.4) is 0 Å². The summed E-state index contributed by atoms with van der Waals surface area (Å²) in [6, 6.07) is 0. The molecular formula is C10H17N3O2. The quantitative estimate of drug-likeness (QED) is 0.795. The van der Waals surface area contributed by atoms with Crippen LogP contribution in [-0.4, -0.2) is 28.2 Å². The van der Waals surface area contributed by atoms with Crippen molar-refractivity contribution in [2.75, 3.05) is 6.54 Å². The smallest absolute Gasteiger partial charge is 0.407 e. The lowest BCUT2D eigenvalue weighted by Crippen LogP contribution is -2.33. The Balaban J connectivity index is 2.18. The minimum absolute atomic E-state index is 0.394. The van der Waals surface area contributed by atoms with Crippen LogP contribution in [0.25, 0.3) is 0 Å². The summed E-state index contributed by atoms with van der Waals surface area (Å²) in [5.74, 6) is 0.853. The van der Waals surface area contributed by atoms with Gasteiger partial charge in [-0.2, -0.15) is 0 Å². The number of H-pyrrole nitrogens is 1. The Hall–Kier alpha value is -1.52. The maximum Gasteiger partial charge on any atom is 0.407 e. The van der Waals surface area contributed by atoms with Gasteiger partial charge in [-0.15, -0.1) is 0 Å². The standard InChI is InChI=1S/C10H17N3O2/c1-10(2,3)15-9(14)13-5-4-8-11-6-7-12-8/h6-7H,4-5H2,1-3H3,(H,11,12)(H,13,14). The molecule has 15 heavy (non-hydrogen) atoms. The second-order valence-electron chi connectivity index (χ2n) is 4.21. The van der Waals surface area contributed by atoms with Crippen LogP contribution in [0, 0.1) is 0 Å². The van der Waals surface area contributed by atoms with Crippen molar-refractivity contribution in [1.82, 2.24) is 15.3 Å². The highest BCUT2D eigenvalue weighted by Crippen LogP contribution is 2.06. The Morgan fingerprint density at radius 2 is 2.33 bits per heavy atom. The minimum Gasteiger partial charge on any atom is -0.444 e. The van der Waals surface area contributed by atoms with Crippen molar-refractivity contribution in [2.24, 2.45) is 0 Å². The first-order chi connectivity index (χ1) is 6.97. The fourth-order valence-corrected chi connectivity index (χ4v) is 1.03. The Morgan fingerprint density at radius 3 is 2.87 bits per heavy atom. The zero-order valence-electron chi connectivity index (χ0n) is 9.33. The fourth-order valence-electron chi connectivity index (χ4n) is 1.03. The number of aromatic amines is 1. The van der Waals surface area contributed by atoms with E-state index in [1.165, 1.54) is 0 Å². The summed E-state index contributed by atoms with van der Waals surface area (Å²) in [5.41, 5.74) is -0.450. The van der Waals surface area contributed by atoms with Crippen molar-refractivity contribution in [3.05, 3.63) is 18.2 Å². The van der Waals surface area contributed by atoms with Crippen molar-refractivity contribution in [3.8, 4) is 0 Å². The second kappa shape index (κ2) is 4.82. The number of hydrogen-bond donors (Lipinski definition) is 2. The van der Waals surface area contributed by atoms with Crippen molar-refractivity contribution in [2.45, 2.75) is 32.8 Å². The molecule has 5 nitrogen and oxygen atoms in total. The van der Waals surface area contributed by atoms with Crippen LogP contribution in [0.5, 0.6) is 0 Å². The van der Waals surface area contributed by atoms with E-state index in [4.69, 9.17) is 4.74 Å². The van der Waals surface area contributed by atoms with E-state index in [0.29, 0.717) is 13.0 Å². The van der Waals surface area contributed by atoms with Crippen LogP contribution >= 0.6 is 0 Å². The summed E-state index contributed by atoms with van der Waals surface area (Å²) in [4.78, 5) is 18.2. The fraction of sp³-hybridized carbons (Fsp3) is 0.600. The molecule has 5 heteroatoms. The number of rotatable bonds is 3. The number of carbonyl (C=O) groups excluding carboxylic acids is 1. The predicted molar refractivity (Wildman–Crippen MR) is 56.5 cm³/mol. The number of nitrogens with zero attached hydrogens (tertiary/aromatic N) is 1. The van der Waals surface area contributed by atoms with Crippen molar-refractivity contribution in [1.29, 1.82) is 0 Å². The van der Waals surface area contributed by atoms with E-state index in [9.17, 15) is 4.79 Å². The van der Waals surface area contributed by atoms with Gasteiger partial charge >= 0.3 is 6.09 Å². The summed E-state index contributed by atoms with van der Waals surface area (Å²) < 4.78 is 5.08. The molecule has 1 heterocycles. The first-order valence-electron chi connectivity index (χ1n) is 4.92. The van der Waals surface area contributed by atoms with Gasteiger partial charge < -0.3 is 15.0 Å². The topological polar surface area (TPSA) is 67.0 Å². The molecule has 0 unspecified atom stereocenters. The lowest BCUT2D eigenvalue weighted by atomic mass is 10.2. The van der Waals surface area contributed by atoms with E-state index in [-0.39, 0.29) is 0 Å². The molecule has 0 fully saturated rings. The molecule has 0 saturated carbocycles. The summed E-state index contributed by atoms with van der Waals surface area (Å²) in [7, 11) is 0. The van der Waals surface area contributed by atoms with Gasteiger partial charge in [-0.3, -0.25) is 0 Å². The molecule has 0 saturated heterocycles. The van der Waals surface area contributed by atoms with Crippen LogP contribution in [0.1, 0.15) is 26.6 Å². The van der Waals surface area contributed by atoms with Gasteiger partial charge in [-0.1, -0.05) is 0 Å². The number of alkyl carbamates (subject to hydrolysis) is 1. The van der Waals surface area contributed by atoms with Gasteiger partial charge in [0.05, 0.1) is 0 Å². The van der Waals surface area contributed by atoms with Gasteiger partial charge in [0, 0.05) is 25.4 Å². The Labute approximate surface area is 89.2 Å². The number of imidazole rings is 1. The zero-order valence-corrected chi connectivity index (χ0v) is 9.33. The Morgan fingerprint density at radius 1 is 1.60 bits per heavy atom. The molecule has 0 radical (unpaired) electrons. The molecule has 0 atom stereocenters. The number of nitrogens with one attached hydrogen (secondary N) is 2. The number of ether oxygens (including phenoxy) is 1. The van der Waals surface area contributed by atoms with Crippen molar-refractivity contribution >= 4 is 6.09 Å². The third-order valence-electron chi connectivity index (χ3n) is 1.58. The lowest BCUT2D eigenvalue weighted by molar-refractivity contribution is 0.0528. The molecule has 0 aromatic carbocycles. The Bertz CT molecular complexity index is 301. The number of aromatic nitrogens is 2. The molecule has 0 spiro atoms. The molecule has 0 bridgehead atoms. The third-order valence-corrected chi connectivity index (χ3v) is 1.58. The normalized spacial score (nSPS) is 11.1. The first kappa shape index (κ1) is 11.6. The van der Waals surface area contributed by atoms with Gasteiger partial charge in [0.15, 0.2) is 0 Å². The third kappa shape index (κ3) is 5.05. The number of amides is 1. The molecule has 1 aromatic rings. The minimum atomic E-state index is -0.450. The molecule has 1 amide bonds.